The zero-order valence-corrected chi connectivity index (χ0v) is 10.3. The second-order valence-electron chi connectivity index (χ2n) is 3.88. The molecule has 0 radical (unpaired) electrons. The van der Waals surface area contributed by atoms with Crippen LogP contribution in [0.1, 0.15) is 11.3 Å². The van der Waals surface area contributed by atoms with Crippen LogP contribution in [-0.2, 0) is 7.05 Å². The third-order valence-corrected chi connectivity index (χ3v) is 2.45. The molecule has 100 valence electrons. The molecule has 0 amide bonds. The molecule has 1 aromatic carbocycles. The van der Waals surface area contributed by atoms with E-state index in [0.717, 1.165) is 24.4 Å². The zero-order valence-electron chi connectivity index (χ0n) is 10.3. The summed E-state index contributed by atoms with van der Waals surface area (Å²) in [6.45, 7) is 1.69. The van der Waals surface area contributed by atoms with E-state index in [1.807, 2.05) is 0 Å². The van der Waals surface area contributed by atoms with Crippen LogP contribution in [0.25, 0.3) is 0 Å². The Labute approximate surface area is 107 Å². The minimum Gasteiger partial charge on any atom is -0.438 e. The van der Waals surface area contributed by atoms with Gasteiger partial charge in [0.2, 0.25) is 5.88 Å². The van der Waals surface area contributed by atoms with E-state index in [1.54, 1.807) is 14.0 Å². The van der Waals surface area contributed by atoms with Crippen molar-refractivity contribution < 1.29 is 18.7 Å². The lowest BCUT2D eigenvalue weighted by Gasteiger charge is -2.07. The van der Waals surface area contributed by atoms with Crippen LogP contribution in [-0.4, -0.2) is 21.2 Å². The highest BCUT2D eigenvalue weighted by atomic mass is 19.1. The van der Waals surface area contributed by atoms with E-state index in [0.29, 0.717) is 11.3 Å². The Morgan fingerprint density at radius 1 is 1.32 bits per heavy atom. The average molecular weight is 267 g/mol. The van der Waals surface area contributed by atoms with Crippen LogP contribution in [0, 0.1) is 18.6 Å². The van der Waals surface area contributed by atoms with E-state index in [9.17, 15) is 8.78 Å². The van der Waals surface area contributed by atoms with Gasteiger partial charge < -0.3 is 9.94 Å². The van der Waals surface area contributed by atoms with Gasteiger partial charge in [-0.15, -0.1) is 0 Å². The van der Waals surface area contributed by atoms with Crippen LogP contribution in [0.5, 0.6) is 11.6 Å². The fraction of sp³-hybridized carbons (Fsp3) is 0.167. The molecule has 1 aromatic heterocycles. The highest BCUT2D eigenvalue weighted by Gasteiger charge is 2.15. The van der Waals surface area contributed by atoms with E-state index >= 15 is 0 Å². The van der Waals surface area contributed by atoms with Gasteiger partial charge in [-0.1, -0.05) is 5.16 Å². The Bertz CT molecular complexity index is 618. The summed E-state index contributed by atoms with van der Waals surface area (Å²) in [4.78, 5) is 0. The molecule has 0 bridgehead atoms. The molecule has 0 saturated heterocycles. The van der Waals surface area contributed by atoms with E-state index < -0.39 is 11.6 Å². The summed E-state index contributed by atoms with van der Waals surface area (Å²) in [5.74, 6) is -1.27. The molecule has 0 aliphatic carbocycles. The van der Waals surface area contributed by atoms with Gasteiger partial charge in [0.05, 0.1) is 17.5 Å². The van der Waals surface area contributed by atoms with Crippen LogP contribution in [0.3, 0.4) is 0 Å². The van der Waals surface area contributed by atoms with Crippen LogP contribution >= 0.6 is 0 Å². The minimum absolute atomic E-state index is 0.00640. The molecule has 7 heteroatoms. The number of benzene rings is 1. The Kier molecular flexibility index (Phi) is 3.46. The third kappa shape index (κ3) is 2.70. The van der Waals surface area contributed by atoms with Crippen molar-refractivity contribution in [1.82, 2.24) is 9.78 Å². The lowest BCUT2D eigenvalue weighted by molar-refractivity contribution is 0.321. The van der Waals surface area contributed by atoms with Crippen molar-refractivity contribution >= 4 is 6.21 Å². The van der Waals surface area contributed by atoms with E-state index in [1.165, 1.54) is 4.68 Å². The van der Waals surface area contributed by atoms with Gasteiger partial charge in [0.1, 0.15) is 17.4 Å². The Morgan fingerprint density at radius 3 is 2.53 bits per heavy atom. The second-order valence-corrected chi connectivity index (χ2v) is 3.88. The van der Waals surface area contributed by atoms with Crippen molar-refractivity contribution in [2.75, 3.05) is 0 Å². The van der Waals surface area contributed by atoms with E-state index in [-0.39, 0.29) is 11.6 Å². The summed E-state index contributed by atoms with van der Waals surface area (Å²) in [5.41, 5.74) is 0.988. The third-order valence-electron chi connectivity index (χ3n) is 2.45. The lowest BCUT2D eigenvalue weighted by atomic mass is 10.3. The van der Waals surface area contributed by atoms with Crippen LogP contribution in [0.2, 0.25) is 0 Å². The molecule has 2 rings (SSSR count). The Hall–Kier alpha value is -2.44. The first-order valence-electron chi connectivity index (χ1n) is 5.36. The number of rotatable bonds is 3. The molecule has 0 saturated carbocycles. The fourth-order valence-corrected chi connectivity index (χ4v) is 1.68. The summed E-state index contributed by atoms with van der Waals surface area (Å²) in [7, 11) is 1.60. The van der Waals surface area contributed by atoms with Gasteiger partial charge in [0.25, 0.3) is 0 Å². The fourth-order valence-electron chi connectivity index (χ4n) is 1.68. The molecule has 1 heterocycles. The first-order valence-corrected chi connectivity index (χ1v) is 5.36. The van der Waals surface area contributed by atoms with Crippen LogP contribution in [0.4, 0.5) is 8.78 Å². The van der Waals surface area contributed by atoms with Gasteiger partial charge in [-0.05, 0) is 6.92 Å². The van der Waals surface area contributed by atoms with Gasteiger partial charge in [-0.3, -0.25) is 0 Å². The standard InChI is InChI=1S/C12H11F2N3O2/c1-7-11(6-15-18)12(17(2)16-7)19-10-4-8(13)3-9(14)5-10/h3-6,18H,1-2H3/b15-6-. The van der Waals surface area contributed by atoms with Crippen LogP contribution < -0.4 is 4.74 Å². The average Bonchev–Trinajstić information content (AvgIpc) is 2.55. The van der Waals surface area contributed by atoms with Crippen molar-refractivity contribution in [1.29, 1.82) is 0 Å². The zero-order chi connectivity index (χ0) is 14.0. The number of halogens is 2. The first kappa shape index (κ1) is 13.0. The molecule has 0 atom stereocenters. The predicted molar refractivity (Wildman–Crippen MR) is 63.8 cm³/mol. The molecule has 0 aliphatic rings. The number of ether oxygens (including phenoxy) is 1. The molecule has 0 spiro atoms. The van der Waals surface area contributed by atoms with Crippen molar-refractivity contribution in [3.8, 4) is 11.6 Å². The number of nitrogens with zero attached hydrogens (tertiary/aromatic N) is 3. The van der Waals surface area contributed by atoms with Crippen LogP contribution in [0.15, 0.2) is 23.4 Å². The van der Waals surface area contributed by atoms with Crippen molar-refractivity contribution in [2.24, 2.45) is 12.2 Å². The van der Waals surface area contributed by atoms with Crippen molar-refractivity contribution in [2.45, 2.75) is 6.92 Å². The molecule has 5 nitrogen and oxygen atoms in total. The van der Waals surface area contributed by atoms with Crippen molar-refractivity contribution in [3.63, 3.8) is 0 Å². The van der Waals surface area contributed by atoms with Gasteiger partial charge in [0.15, 0.2) is 0 Å². The smallest absolute Gasteiger partial charge is 0.226 e. The monoisotopic (exact) mass is 267 g/mol. The van der Waals surface area contributed by atoms with Gasteiger partial charge >= 0.3 is 0 Å². The number of oxime groups is 1. The Morgan fingerprint density at radius 2 is 1.95 bits per heavy atom. The molecule has 0 unspecified atom stereocenters. The summed E-state index contributed by atoms with van der Waals surface area (Å²) < 4.78 is 32.9. The first-order chi connectivity index (χ1) is 9.01. The maximum Gasteiger partial charge on any atom is 0.226 e. The highest BCUT2D eigenvalue weighted by molar-refractivity contribution is 5.84. The Balaban J connectivity index is 2.42. The molecular formula is C12H11F2N3O2. The molecule has 0 fully saturated rings. The molecule has 2 aromatic rings. The number of hydrogen-bond acceptors (Lipinski definition) is 4. The summed E-state index contributed by atoms with van der Waals surface area (Å²) in [6.07, 6.45) is 1.15. The summed E-state index contributed by atoms with van der Waals surface area (Å²) in [6, 6.07) is 2.84. The molecule has 1 N–H and O–H groups in total. The minimum atomic E-state index is -0.744. The van der Waals surface area contributed by atoms with E-state index in [4.69, 9.17) is 9.94 Å². The molecular weight excluding hydrogens is 256 g/mol. The number of hydrogen-bond donors (Lipinski definition) is 1. The van der Waals surface area contributed by atoms with Gasteiger partial charge in [0, 0.05) is 25.2 Å². The second kappa shape index (κ2) is 5.05. The maximum absolute atomic E-state index is 13.1. The summed E-state index contributed by atoms with van der Waals surface area (Å²) in [5, 5.41) is 15.6. The predicted octanol–water partition coefficient (Wildman–Crippen LogP) is 2.61. The van der Waals surface area contributed by atoms with Gasteiger partial charge in [-0.25, -0.2) is 13.5 Å². The van der Waals surface area contributed by atoms with Gasteiger partial charge in [-0.2, -0.15) is 5.10 Å². The lowest BCUT2D eigenvalue weighted by Crippen LogP contribution is -1.97. The largest absolute Gasteiger partial charge is 0.438 e. The normalized spacial score (nSPS) is 11.2. The van der Waals surface area contributed by atoms with E-state index in [2.05, 4.69) is 10.3 Å². The summed E-state index contributed by atoms with van der Waals surface area (Å²) >= 11 is 0. The highest BCUT2D eigenvalue weighted by Crippen LogP contribution is 2.27. The number of aromatic nitrogens is 2. The molecule has 19 heavy (non-hydrogen) atoms. The quantitative estimate of drug-likeness (QED) is 0.528. The maximum atomic E-state index is 13.1. The number of aryl methyl sites for hydroxylation is 2. The van der Waals surface area contributed by atoms with Crippen molar-refractivity contribution in [3.05, 3.63) is 41.1 Å². The molecule has 0 aliphatic heterocycles. The topological polar surface area (TPSA) is 59.6 Å². The SMILES string of the molecule is Cc1nn(C)c(Oc2cc(F)cc(F)c2)c1/C=N\O.